The molecule has 0 aromatic carbocycles. The summed E-state index contributed by atoms with van der Waals surface area (Å²) in [5, 5.41) is 3.56. The van der Waals surface area contributed by atoms with Gasteiger partial charge in [0.25, 0.3) is 0 Å². The molecule has 7 heteroatoms. The van der Waals surface area contributed by atoms with Gasteiger partial charge in [-0.1, -0.05) is 0 Å². The van der Waals surface area contributed by atoms with Gasteiger partial charge in [0.05, 0.1) is 25.4 Å². The summed E-state index contributed by atoms with van der Waals surface area (Å²) in [5.41, 5.74) is 0.193. The quantitative estimate of drug-likeness (QED) is 0.502. The van der Waals surface area contributed by atoms with Crippen LogP contribution < -0.4 is 5.32 Å². The predicted octanol–water partition coefficient (Wildman–Crippen LogP) is 2.26. The molecular formula is C23H42N4O3. The summed E-state index contributed by atoms with van der Waals surface area (Å²) in [4.78, 5) is 10.3. The zero-order valence-corrected chi connectivity index (χ0v) is 18.9. The van der Waals surface area contributed by atoms with Gasteiger partial charge in [0, 0.05) is 45.0 Å². The zero-order chi connectivity index (χ0) is 20.7. The molecule has 0 aromatic heterocycles. The molecule has 4 fully saturated rings. The van der Waals surface area contributed by atoms with Crippen molar-refractivity contribution in [1.82, 2.24) is 15.1 Å². The van der Waals surface area contributed by atoms with E-state index in [0.29, 0.717) is 12.2 Å². The molecule has 0 saturated carbocycles. The number of guanidine groups is 1. The Hall–Kier alpha value is -0.890. The molecule has 4 heterocycles. The van der Waals surface area contributed by atoms with Gasteiger partial charge in [-0.2, -0.15) is 0 Å². The Morgan fingerprint density at radius 2 is 1.80 bits per heavy atom. The van der Waals surface area contributed by atoms with Gasteiger partial charge in [-0.25, -0.2) is 0 Å². The second-order valence-corrected chi connectivity index (χ2v) is 9.36. The highest BCUT2D eigenvalue weighted by molar-refractivity contribution is 5.80. The van der Waals surface area contributed by atoms with Crippen molar-refractivity contribution in [3.8, 4) is 0 Å². The molecule has 4 aliphatic heterocycles. The fourth-order valence-corrected chi connectivity index (χ4v) is 5.42. The molecule has 1 atom stereocenters. The number of hydrogen-bond donors (Lipinski definition) is 1. The predicted molar refractivity (Wildman–Crippen MR) is 119 cm³/mol. The smallest absolute Gasteiger partial charge is 0.193 e. The maximum Gasteiger partial charge on any atom is 0.193 e. The maximum atomic E-state index is 6.16. The van der Waals surface area contributed by atoms with E-state index in [1.165, 1.54) is 32.4 Å². The van der Waals surface area contributed by atoms with E-state index in [1.54, 1.807) is 0 Å². The normalized spacial score (nSPS) is 28.9. The molecule has 0 aliphatic carbocycles. The lowest BCUT2D eigenvalue weighted by Crippen LogP contribution is -2.54. The molecule has 0 bridgehead atoms. The van der Waals surface area contributed by atoms with Crippen molar-refractivity contribution in [1.29, 1.82) is 0 Å². The molecule has 1 unspecified atom stereocenters. The van der Waals surface area contributed by atoms with Crippen LogP contribution in [0.2, 0.25) is 0 Å². The van der Waals surface area contributed by atoms with E-state index in [9.17, 15) is 0 Å². The van der Waals surface area contributed by atoms with Gasteiger partial charge in [0.2, 0.25) is 0 Å². The minimum Gasteiger partial charge on any atom is -0.381 e. The minimum absolute atomic E-state index is 0.193. The van der Waals surface area contributed by atoms with Gasteiger partial charge in [0.15, 0.2) is 5.96 Å². The second kappa shape index (κ2) is 11.1. The van der Waals surface area contributed by atoms with Crippen molar-refractivity contribution in [2.45, 2.75) is 76.0 Å². The SMILES string of the molecule is CCNC(=NCC1(N2CCCC2)CCOCC1)N1CCC(OCC2CCCO2)CC1. The molecule has 0 spiro atoms. The highest BCUT2D eigenvalue weighted by Gasteiger charge is 2.39. The molecule has 0 amide bonds. The summed E-state index contributed by atoms with van der Waals surface area (Å²) in [7, 11) is 0. The minimum atomic E-state index is 0.193. The van der Waals surface area contributed by atoms with Gasteiger partial charge in [-0.05, 0) is 71.4 Å². The van der Waals surface area contributed by atoms with Crippen LogP contribution in [0.1, 0.15) is 58.3 Å². The average Bonchev–Trinajstić information content (AvgIpc) is 3.51. The standard InChI is InChI=1S/C23H42N4O3/c1-2-24-22(25-19-23(9-16-28-17-10-23)27-11-3-4-12-27)26-13-7-20(8-14-26)30-18-21-6-5-15-29-21/h20-21H,2-19H2,1H3,(H,24,25). The fourth-order valence-electron chi connectivity index (χ4n) is 5.42. The van der Waals surface area contributed by atoms with Gasteiger partial charge >= 0.3 is 0 Å². The number of nitrogens with one attached hydrogen (secondary N) is 1. The molecule has 1 N–H and O–H groups in total. The summed E-state index contributed by atoms with van der Waals surface area (Å²) in [6.45, 7) is 11.8. The van der Waals surface area contributed by atoms with Crippen LogP contribution in [0.5, 0.6) is 0 Å². The van der Waals surface area contributed by atoms with Crippen LogP contribution in [-0.4, -0.2) is 99.2 Å². The first-order valence-corrected chi connectivity index (χ1v) is 12.4. The number of hydrogen-bond acceptors (Lipinski definition) is 5. The van der Waals surface area contributed by atoms with Crippen molar-refractivity contribution in [3.63, 3.8) is 0 Å². The second-order valence-electron chi connectivity index (χ2n) is 9.36. The first-order chi connectivity index (χ1) is 14.8. The van der Waals surface area contributed by atoms with Crippen LogP contribution in [0.4, 0.5) is 0 Å². The molecule has 4 rings (SSSR count). The number of ether oxygens (including phenoxy) is 3. The molecule has 30 heavy (non-hydrogen) atoms. The van der Waals surface area contributed by atoms with Crippen LogP contribution in [0.25, 0.3) is 0 Å². The molecule has 172 valence electrons. The Morgan fingerprint density at radius 1 is 1.03 bits per heavy atom. The van der Waals surface area contributed by atoms with E-state index in [4.69, 9.17) is 19.2 Å². The third-order valence-electron chi connectivity index (χ3n) is 7.34. The molecule has 7 nitrogen and oxygen atoms in total. The van der Waals surface area contributed by atoms with E-state index in [0.717, 1.165) is 90.7 Å². The van der Waals surface area contributed by atoms with Crippen LogP contribution in [-0.2, 0) is 14.2 Å². The monoisotopic (exact) mass is 422 g/mol. The zero-order valence-electron chi connectivity index (χ0n) is 18.9. The van der Waals surface area contributed by atoms with Crippen LogP contribution in [0.3, 0.4) is 0 Å². The third kappa shape index (κ3) is 5.67. The summed E-state index contributed by atoms with van der Waals surface area (Å²) >= 11 is 0. The first-order valence-electron chi connectivity index (χ1n) is 12.4. The highest BCUT2D eigenvalue weighted by atomic mass is 16.5. The number of aliphatic imine (C=N–C) groups is 1. The van der Waals surface area contributed by atoms with Crippen LogP contribution >= 0.6 is 0 Å². The lowest BCUT2D eigenvalue weighted by Gasteiger charge is -2.44. The summed E-state index contributed by atoms with van der Waals surface area (Å²) in [5.74, 6) is 1.08. The van der Waals surface area contributed by atoms with E-state index < -0.39 is 0 Å². The number of nitrogens with zero attached hydrogens (tertiary/aromatic N) is 3. The fraction of sp³-hybridized carbons (Fsp3) is 0.957. The number of piperidine rings is 1. The Morgan fingerprint density at radius 3 is 2.47 bits per heavy atom. The highest BCUT2D eigenvalue weighted by Crippen LogP contribution is 2.32. The lowest BCUT2D eigenvalue weighted by atomic mass is 9.88. The summed E-state index contributed by atoms with van der Waals surface area (Å²) < 4.78 is 17.6. The maximum absolute atomic E-state index is 6.16. The summed E-state index contributed by atoms with van der Waals surface area (Å²) in [6, 6.07) is 0. The van der Waals surface area contributed by atoms with E-state index in [1.807, 2.05) is 0 Å². The number of rotatable bonds is 7. The van der Waals surface area contributed by atoms with Crippen LogP contribution in [0, 0.1) is 0 Å². The third-order valence-corrected chi connectivity index (χ3v) is 7.34. The van der Waals surface area contributed by atoms with E-state index in [2.05, 4.69) is 22.0 Å². The largest absolute Gasteiger partial charge is 0.381 e. The van der Waals surface area contributed by atoms with E-state index in [-0.39, 0.29) is 5.54 Å². The Kier molecular flexibility index (Phi) is 8.27. The molecule has 0 radical (unpaired) electrons. The number of likely N-dealkylation sites (tertiary alicyclic amines) is 2. The Balaban J connectivity index is 1.31. The van der Waals surface area contributed by atoms with Crippen molar-refractivity contribution in [3.05, 3.63) is 0 Å². The Bertz CT molecular complexity index is 533. The van der Waals surface area contributed by atoms with Crippen molar-refractivity contribution in [2.24, 2.45) is 4.99 Å². The molecule has 4 aliphatic rings. The Labute approximate surface area is 182 Å². The molecular weight excluding hydrogens is 380 g/mol. The van der Waals surface area contributed by atoms with E-state index >= 15 is 0 Å². The van der Waals surface area contributed by atoms with Gasteiger partial charge in [0.1, 0.15) is 0 Å². The van der Waals surface area contributed by atoms with Gasteiger partial charge in [-0.3, -0.25) is 9.89 Å². The average molecular weight is 423 g/mol. The van der Waals surface area contributed by atoms with Gasteiger partial charge < -0.3 is 24.4 Å². The van der Waals surface area contributed by atoms with Crippen molar-refractivity contribution >= 4 is 5.96 Å². The van der Waals surface area contributed by atoms with Crippen molar-refractivity contribution in [2.75, 3.05) is 65.7 Å². The molecule has 0 aromatic rings. The topological polar surface area (TPSA) is 58.6 Å². The molecule has 4 saturated heterocycles. The van der Waals surface area contributed by atoms with Crippen molar-refractivity contribution < 1.29 is 14.2 Å². The lowest BCUT2D eigenvalue weighted by molar-refractivity contribution is -0.0368. The van der Waals surface area contributed by atoms with Gasteiger partial charge in [-0.15, -0.1) is 0 Å². The van der Waals surface area contributed by atoms with Crippen LogP contribution in [0.15, 0.2) is 4.99 Å². The summed E-state index contributed by atoms with van der Waals surface area (Å²) in [6.07, 6.45) is 10.0. The first kappa shape index (κ1) is 22.3.